The Balaban J connectivity index is 1.54. The van der Waals surface area contributed by atoms with Gasteiger partial charge in [0.1, 0.15) is 6.54 Å². The van der Waals surface area contributed by atoms with Gasteiger partial charge in [-0.25, -0.2) is 0 Å². The van der Waals surface area contributed by atoms with Crippen LogP contribution in [0.4, 0.5) is 0 Å². The van der Waals surface area contributed by atoms with Crippen LogP contribution in [0.15, 0.2) is 51.0 Å². The van der Waals surface area contributed by atoms with Gasteiger partial charge in [0.25, 0.3) is 5.89 Å². The van der Waals surface area contributed by atoms with E-state index < -0.39 is 0 Å². The molecule has 4 rings (SSSR count). The first-order valence-corrected chi connectivity index (χ1v) is 8.13. The monoisotopic (exact) mass is 314 g/mol. The average molecular weight is 314 g/mol. The molecule has 0 radical (unpaired) electrons. The van der Waals surface area contributed by atoms with Crippen LogP contribution in [-0.2, 0) is 6.54 Å². The summed E-state index contributed by atoms with van der Waals surface area (Å²) in [7, 11) is 0. The third-order valence-corrected chi connectivity index (χ3v) is 4.49. The van der Waals surface area contributed by atoms with Crippen LogP contribution < -0.4 is 0 Å². The van der Waals surface area contributed by atoms with Crippen molar-refractivity contribution in [1.29, 1.82) is 0 Å². The summed E-state index contributed by atoms with van der Waals surface area (Å²) in [4.78, 5) is 0.980. The van der Waals surface area contributed by atoms with Gasteiger partial charge in [-0.05, 0) is 29.0 Å². The van der Waals surface area contributed by atoms with Crippen molar-refractivity contribution in [3.05, 3.63) is 52.5 Å². The van der Waals surface area contributed by atoms with E-state index in [4.69, 9.17) is 4.42 Å². The van der Waals surface area contributed by atoms with Gasteiger partial charge in [-0.1, -0.05) is 6.07 Å². The zero-order valence-electron chi connectivity index (χ0n) is 10.8. The second-order valence-electron chi connectivity index (χ2n) is 4.39. The Kier molecular flexibility index (Phi) is 3.13. The van der Waals surface area contributed by atoms with Gasteiger partial charge in [-0.2, -0.15) is 16.4 Å². The molecule has 0 spiro atoms. The molecular formula is C14H10N4OS2. The Morgan fingerprint density at radius 2 is 2.14 bits per heavy atom. The first kappa shape index (κ1) is 12.5. The van der Waals surface area contributed by atoms with Crippen LogP contribution in [-0.4, -0.2) is 20.0 Å². The molecule has 0 aliphatic heterocycles. The molecule has 0 saturated carbocycles. The highest BCUT2D eigenvalue weighted by Crippen LogP contribution is 2.23. The van der Waals surface area contributed by atoms with E-state index in [0.29, 0.717) is 18.3 Å². The zero-order valence-corrected chi connectivity index (χ0v) is 12.5. The lowest BCUT2D eigenvalue weighted by Crippen LogP contribution is -2.00. The van der Waals surface area contributed by atoms with Crippen molar-refractivity contribution >= 4 is 22.7 Å². The number of hydrogen-bond donors (Lipinski definition) is 0. The van der Waals surface area contributed by atoms with E-state index in [1.165, 1.54) is 0 Å². The molecule has 0 aromatic carbocycles. The molecule has 0 amide bonds. The smallest absolute Gasteiger partial charge is 0.257 e. The molecule has 7 heteroatoms. The summed E-state index contributed by atoms with van der Waals surface area (Å²) in [5.74, 6) is 1.11. The van der Waals surface area contributed by atoms with Crippen molar-refractivity contribution in [1.82, 2.24) is 20.0 Å². The first-order chi connectivity index (χ1) is 10.4. The van der Waals surface area contributed by atoms with Gasteiger partial charge >= 0.3 is 0 Å². The Bertz CT molecular complexity index is 760. The quantitative estimate of drug-likeness (QED) is 0.575. The highest BCUT2D eigenvalue weighted by atomic mass is 32.1. The zero-order chi connectivity index (χ0) is 14.1. The SMILES string of the molecule is c1csc(-c2nnc(Cn3ccc(-c4ccsc4)n3)o2)c1. The van der Waals surface area contributed by atoms with Gasteiger partial charge < -0.3 is 4.42 Å². The van der Waals surface area contributed by atoms with Gasteiger partial charge in [-0.3, -0.25) is 4.68 Å². The minimum absolute atomic E-state index is 0.475. The van der Waals surface area contributed by atoms with Gasteiger partial charge in [0, 0.05) is 17.1 Å². The van der Waals surface area contributed by atoms with Crippen molar-refractivity contribution < 1.29 is 4.42 Å². The van der Waals surface area contributed by atoms with Crippen molar-refractivity contribution in [2.45, 2.75) is 6.54 Å². The number of thiophene rings is 2. The normalized spacial score (nSPS) is 11.0. The van der Waals surface area contributed by atoms with E-state index in [9.17, 15) is 0 Å². The van der Waals surface area contributed by atoms with Crippen molar-refractivity contribution in [2.24, 2.45) is 0 Å². The molecule has 0 N–H and O–H groups in total. The summed E-state index contributed by atoms with van der Waals surface area (Å²) in [5, 5.41) is 18.8. The maximum absolute atomic E-state index is 5.66. The second-order valence-corrected chi connectivity index (χ2v) is 6.12. The average Bonchev–Trinajstić information content (AvgIpc) is 3.28. The van der Waals surface area contributed by atoms with Gasteiger partial charge in [0.15, 0.2) is 0 Å². The van der Waals surface area contributed by atoms with Crippen molar-refractivity contribution in [3.8, 4) is 22.0 Å². The fraction of sp³-hybridized carbons (Fsp3) is 0.0714. The second kappa shape index (κ2) is 5.27. The molecule has 21 heavy (non-hydrogen) atoms. The fourth-order valence-corrected chi connectivity index (χ4v) is 3.26. The van der Waals surface area contributed by atoms with Gasteiger partial charge in [-0.15, -0.1) is 21.5 Å². The minimum atomic E-state index is 0.475. The van der Waals surface area contributed by atoms with Gasteiger partial charge in [0.05, 0.1) is 10.6 Å². The van der Waals surface area contributed by atoms with E-state index in [-0.39, 0.29) is 0 Å². The predicted molar refractivity (Wildman–Crippen MR) is 82.3 cm³/mol. The number of nitrogens with zero attached hydrogens (tertiary/aromatic N) is 4. The standard InChI is InChI=1S/C14H10N4OS2/c1-2-12(21-6-1)14-16-15-13(19-14)8-18-5-3-11(17-18)10-4-7-20-9-10/h1-7,9H,8H2. The van der Waals surface area contributed by atoms with Crippen molar-refractivity contribution in [3.63, 3.8) is 0 Å². The lowest BCUT2D eigenvalue weighted by Gasteiger charge is -1.95. The van der Waals surface area contributed by atoms with Gasteiger partial charge in [0.2, 0.25) is 5.89 Å². The molecule has 4 aromatic rings. The number of hydrogen-bond acceptors (Lipinski definition) is 6. The maximum atomic E-state index is 5.66. The van der Waals surface area contributed by atoms with E-state index in [1.54, 1.807) is 27.4 Å². The van der Waals surface area contributed by atoms with E-state index in [2.05, 4.69) is 26.7 Å². The molecule has 0 aliphatic carbocycles. The van der Waals surface area contributed by atoms with Crippen LogP contribution in [0, 0.1) is 0 Å². The molecule has 4 aromatic heterocycles. The molecule has 104 valence electrons. The predicted octanol–water partition coefficient (Wildman–Crippen LogP) is 3.77. The Hall–Kier alpha value is -2.25. The molecule has 0 atom stereocenters. The van der Waals surface area contributed by atoms with E-state index in [0.717, 1.165) is 16.1 Å². The summed E-state index contributed by atoms with van der Waals surface area (Å²) in [6.45, 7) is 0.475. The summed E-state index contributed by atoms with van der Waals surface area (Å²) >= 11 is 3.24. The molecule has 0 saturated heterocycles. The van der Waals surface area contributed by atoms with Crippen LogP contribution in [0.3, 0.4) is 0 Å². The van der Waals surface area contributed by atoms with Crippen molar-refractivity contribution in [2.75, 3.05) is 0 Å². The van der Waals surface area contributed by atoms with Crippen LogP contribution in [0.5, 0.6) is 0 Å². The summed E-state index contributed by atoms with van der Waals surface area (Å²) in [5.41, 5.74) is 2.08. The van der Waals surface area contributed by atoms with E-state index in [1.807, 2.05) is 35.2 Å². The summed E-state index contributed by atoms with van der Waals surface area (Å²) < 4.78 is 7.47. The molecule has 0 fully saturated rings. The lowest BCUT2D eigenvalue weighted by molar-refractivity contribution is 0.475. The minimum Gasteiger partial charge on any atom is -0.418 e. The Labute approximate surface area is 128 Å². The molecule has 0 bridgehead atoms. The summed E-state index contributed by atoms with van der Waals surface area (Å²) in [6, 6.07) is 7.96. The number of aromatic nitrogens is 4. The maximum Gasteiger partial charge on any atom is 0.257 e. The number of rotatable bonds is 4. The fourth-order valence-electron chi connectivity index (χ4n) is 1.97. The topological polar surface area (TPSA) is 56.7 Å². The summed E-state index contributed by atoms with van der Waals surface area (Å²) in [6.07, 6.45) is 1.92. The lowest BCUT2D eigenvalue weighted by atomic mass is 10.2. The Morgan fingerprint density at radius 1 is 1.14 bits per heavy atom. The largest absolute Gasteiger partial charge is 0.418 e. The van der Waals surface area contributed by atoms with Crippen LogP contribution >= 0.6 is 22.7 Å². The highest BCUT2D eigenvalue weighted by molar-refractivity contribution is 7.13. The van der Waals surface area contributed by atoms with Crippen LogP contribution in [0.2, 0.25) is 0 Å². The van der Waals surface area contributed by atoms with Crippen LogP contribution in [0.25, 0.3) is 22.0 Å². The molecule has 0 unspecified atom stereocenters. The third kappa shape index (κ3) is 2.53. The van der Waals surface area contributed by atoms with E-state index >= 15 is 0 Å². The Morgan fingerprint density at radius 3 is 2.95 bits per heavy atom. The first-order valence-electron chi connectivity index (χ1n) is 6.31. The molecule has 5 nitrogen and oxygen atoms in total. The molecular weight excluding hydrogens is 304 g/mol. The van der Waals surface area contributed by atoms with Crippen LogP contribution in [0.1, 0.15) is 5.89 Å². The molecule has 4 heterocycles. The molecule has 0 aliphatic rings. The highest BCUT2D eigenvalue weighted by Gasteiger charge is 2.10. The third-order valence-electron chi connectivity index (χ3n) is 2.95.